The fourth-order valence-electron chi connectivity index (χ4n) is 2.15. The van der Waals surface area contributed by atoms with Crippen LogP contribution in [0.1, 0.15) is 34.8 Å². The third-order valence-corrected chi connectivity index (χ3v) is 4.89. The van der Waals surface area contributed by atoms with Crippen LogP contribution in [0.15, 0.2) is 21.7 Å². The second-order valence-corrected chi connectivity index (χ2v) is 6.83. The summed E-state index contributed by atoms with van der Waals surface area (Å²) in [6.45, 7) is 4.38. The Kier molecular flexibility index (Phi) is 7.40. The van der Waals surface area contributed by atoms with Crippen molar-refractivity contribution in [2.45, 2.75) is 20.3 Å². The summed E-state index contributed by atoms with van der Waals surface area (Å²) in [6, 6.07) is 3.69. The van der Waals surface area contributed by atoms with Gasteiger partial charge in [-0.1, -0.05) is 18.3 Å². The quantitative estimate of drug-likeness (QED) is 0.377. The summed E-state index contributed by atoms with van der Waals surface area (Å²) in [4.78, 5) is 16.6. The van der Waals surface area contributed by atoms with E-state index in [1.807, 2.05) is 26.0 Å². The predicted octanol–water partition coefficient (Wildman–Crippen LogP) is 4.11. The van der Waals surface area contributed by atoms with E-state index >= 15 is 0 Å². The van der Waals surface area contributed by atoms with Gasteiger partial charge in [0, 0.05) is 0 Å². The van der Waals surface area contributed by atoms with Gasteiger partial charge in [-0.3, -0.25) is 5.43 Å². The van der Waals surface area contributed by atoms with E-state index in [0.29, 0.717) is 40.2 Å². The van der Waals surface area contributed by atoms with Crippen molar-refractivity contribution in [3.05, 3.63) is 32.7 Å². The van der Waals surface area contributed by atoms with Crippen LogP contribution < -0.4 is 14.9 Å². The number of nitrogens with one attached hydrogen (secondary N) is 1. The van der Waals surface area contributed by atoms with Crippen molar-refractivity contribution in [2.75, 3.05) is 26.3 Å². The highest BCUT2D eigenvalue weighted by atomic mass is 79.9. The second kappa shape index (κ2) is 9.54. The zero-order valence-corrected chi connectivity index (χ0v) is 17.4. The van der Waals surface area contributed by atoms with Crippen molar-refractivity contribution >= 4 is 44.6 Å². The van der Waals surface area contributed by atoms with Gasteiger partial charge < -0.3 is 14.2 Å². The minimum Gasteiger partial charge on any atom is -0.493 e. The smallest absolute Gasteiger partial charge is 0.350 e. The molecule has 2 aromatic rings. The van der Waals surface area contributed by atoms with Crippen LogP contribution in [0.25, 0.3) is 0 Å². The largest absolute Gasteiger partial charge is 0.493 e. The van der Waals surface area contributed by atoms with Crippen LogP contribution in [0.2, 0.25) is 0 Å². The molecule has 1 N–H and O–H groups in total. The van der Waals surface area contributed by atoms with Crippen LogP contribution in [-0.4, -0.2) is 38.0 Å². The molecule has 0 spiro atoms. The molecular formula is C17H20BrN3O4S. The molecule has 0 unspecified atom stereocenters. The molecule has 0 saturated carbocycles. The van der Waals surface area contributed by atoms with Gasteiger partial charge >= 0.3 is 5.97 Å². The molecule has 0 fully saturated rings. The fourth-order valence-corrected chi connectivity index (χ4v) is 3.65. The van der Waals surface area contributed by atoms with E-state index in [2.05, 4.69) is 31.4 Å². The highest BCUT2D eigenvalue weighted by molar-refractivity contribution is 9.10. The van der Waals surface area contributed by atoms with Crippen LogP contribution in [-0.2, 0) is 11.2 Å². The van der Waals surface area contributed by atoms with Gasteiger partial charge in [0.25, 0.3) is 0 Å². The number of esters is 1. The number of halogens is 1. The topological polar surface area (TPSA) is 82.0 Å². The van der Waals surface area contributed by atoms with Crippen molar-refractivity contribution in [1.29, 1.82) is 0 Å². The number of rotatable bonds is 8. The Morgan fingerprint density at radius 2 is 2.15 bits per heavy atom. The van der Waals surface area contributed by atoms with Crippen LogP contribution in [0.5, 0.6) is 11.5 Å². The number of thiazole rings is 1. The summed E-state index contributed by atoms with van der Waals surface area (Å²) < 4.78 is 16.5. The molecule has 2 rings (SSSR count). The van der Waals surface area contributed by atoms with Crippen molar-refractivity contribution in [2.24, 2.45) is 5.10 Å². The van der Waals surface area contributed by atoms with E-state index in [4.69, 9.17) is 14.2 Å². The van der Waals surface area contributed by atoms with Gasteiger partial charge in [0.1, 0.15) is 4.88 Å². The van der Waals surface area contributed by atoms with Gasteiger partial charge in [0.05, 0.1) is 37.2 Å². The second-order valence-electron chi connectivity index (χ2n) is 4.98. The van der Waals surface area contributed by atoms with Crippen LogP contribution in [0.3, 0.4) is 0 Å². The van der Waals surface area contributed by atoms with Gasteiger partial charge in [-0.25, -0.2) is 9.78 Å². The van der Waals surface area contributed by atoms with Crippen LogP contribution in [0, 0.1) is 0 Å². The molecule has 1 aromatic carbocycles. The van der Waals surface area contributed by atoms with Gasteiger partial charge in [-0.05, 0) is 47.0 Å². The van der Waals surface area contributed by atoms with E-state index in [1.165, 1.54) is 18.4 Å². The van der Waals surface area contributed by atoms with E-state index in [9.17, 15) is 4.79 Å². The summed E-state index contributed by atoms with van der Waals surface area (Å²) in [5, 5.41) is 4.71. The first-order chi connectivity index (χ1) is 12.5. The van der Waals surface area contributed by atoms with Crippen LogP contribution in [0.4, 0.5) is 5.13 Å². The summed E-state index contributed by atoms with van der Waals surface area (Å²) in [5.41, 5.74) is 4.34. The number of methoxy groups -OCH3 is 2. The number of aromatic nitrogens is 1. The third kappa shape index (κ3) is 4.73. The fraction of sp³-hybridized carbons (Fsp3) is 0.353. The Labute approximate surface area is 164 Å². The maximum atomic E-state index is 11.7. The normalized spacial score (nSPS) is 10.8. The first-order valence-electron chi connectivity index (χ1n) is 7.91. The number of carbonyl (C=O) groups is 1. The number of carbonyl (C=O) groups excluding carboxylic acids is 1. The SMILES string of the molecule is CCOc1c(Br)cc(/C=N\Nc2nc(CC)c(C(=O)OC)s2)cc1OC. The molecule has 1 aromatic heterocycles. The summed E-state index contributed by atoms with van der Waals surface area (Å²) in [7, 11) is 2.93. The molecule has 1 heterocycles. The standard InChI is InChI=1S/C17H20BrN3O4S/c1-5-12-15(16(22)24-4)26-17(20-12)21-19-9-10-7-11(18)14(25-6-2)13(8-10)23-3/h7-9H,5-6H2,1-4H3,(H,20,21)/b19-9-. The number of ether oxygens (including phenoxy) is 3. The number of anilines is 1. The van der Waals surface area contributed by atoms with E-state index in [-0.39, 0.29) is 0 Å². The van der Waals surface area contributed by atoms with Crippen molar-refractivity contribution in [1.82, 2.24) is 4.98 Å². The molecule has 0 saturated heterocycles. The highest BCUT2D eigenvalue weighted by Crippen LogP contribution is 2.36. The molecule has 9 heteroatoms. The molecule has 140 valence electrons. The zero-order valence-electron chi connectivity index (χ0n) is 15.0. The molecule has 26 heavy (non-hydrogen) atoms. The maximum absolute atomic E-state index is 11.7. The van der Waals surface area contributed by atoms with Gasteiger partial charge in [0.2, 0.25) is 5.13 Å². The van der Waals surface area contributed by atoms with Crippen LogP contribution >= 0.6 is 27.3 Å². The molecule has 0 atom stereocenters. The average molecular weight is 442 g/mol. The molecule has 0 amide bonds. The predicted molar refractivity (Wildman–Crippen MR) is 106 cm³/mol. The minimum atomic E-state index is -0.392. The first-order valence-corrected chi connectivity index (χ1v) is 9.52. The van der Waals surface area contributed by atoms with Crippen molar-refractivity contribution in [3.8, 4) is 11.5 Å². The Bertz CT molecular complexity index is 808. The lowest BCUT2D eigenvalue weighted by Gasteiger charge is -2.11. The lowest BCUT2D eigenvalue weighted by molar-refractivity contribution is 0.0605. The van der Waals surface area contributed by atoms with Crippen molar-refractivity contribution in [3.63, 3.8) is 0 Å². The summed E-state index contributed by atoms with van der Waals surface area (Å²) >= 11 is 4.68. The minimum absolute atomic E-state index is 0.392. The van der Waals surface area contributed by atoms with E-state index in [1.54, 1.807) is 13.3 Å². The molecule has 7 nitrogen and oxygen atoms in total. The van der Waals surface area contributed by atoms with Crippen molar-refractivity contribution < 1.29 is 19.0 Å². The van der Waals surface area contributed by atoms with E-state index < -0.39 is 5.97 Å². The lowest BCUT2D eigenvalue weighted by atomic mass is 10.2. The van der Waals surface area contributed by atoms with Gasteiger partial charge in [-0.15, -0.1) is 0 Å². The molecule has 0 aliphatic heterocycles. The molecular weight excluding hydrogens is 422 g/mol. The Balaban J connectivity index is 2.17. The molecule has 0 radical (unpaired) electrons. The Morgan fingerprint density at radius 3 is 2.77 bits per heavy atom. The van der Waals surface area contributed by atoms with Gasteiger partial charge in [0.15, 0.2) is 11.5 Å². The molecule has 0 aliphatic rings. The molecule has 0 bridgehead atoms. The number of hydrazone groups is 1. The van der Waals surface area contributed by atoms with E-state index in [0.717, 1.165) is 10.0 Å². The summed E-state index contributed by atoms with van der Waals surface area (Å²) in [5.74, 6) is 0.866. The van der Waals surface area contributed by atoms with Gasteiger partial charge in [-0.2, -0.15) is 5.10 Å². The number of nitrogens with zero attached hydrogens (tertiary/aromatic N) is 2. The number of hydrogen-bond acceptors (Lipinski definition) is 8. The third-order valence-electron chi connectivity index (χ3n) is 3.32. The number of aryl methyl sites for hydroxylation is 1. The number of hydrogen-bond donors (Lipinski definition) is 1. The average Bonchev–Trinajstić information content (AvgIpc) is 3.06. The Hall–Kier alpha value is -2.13. The summed E-state index contributed by atoms with van der Waals surface area (Å²) in [6.07, 6.45) is 2.27. The number of benzene rings is 1. The highest BCUT2D eigenvalue weighted by Gasteiger charge is 2.17. The Morgan fingerprint density at radius 1 is 1.38 bits per heavy atom. The first kappa shape index (κ1) is 20.2. The maximum Gasteiger partial charge on any atom is 0.350 e. The monoisotopic (exact) mass is 441 g/mol. The lowest BCUT2D eigenvalue weighted by Crippen LogP contribution is -2.01. The molecule has 0 aliphatic carbocycles. The zero-order chi connectivity index (χ0) is 19.1.